The van der Waals surface area contributed by atoms with Crippen LogP contribution in [0.1, 0.15) is 12.5 Å². The van der Waals surface area contributed by atoms with E-state index in [0.29, 0.717) is 6.04 Å². The predicted octanol–water partition coefficient (Wildman–Crippen LogP) is 2.52. The van der Waals surface area contributed by atoms with Crippen molar-refractivity contribution in [3.05, 3.63) is 22.3 Å². The molecule has 1 aromatic rings. The minimum Gasteiger partial charge on any atom is -0.392 e. The molecule has 1 heterocycles. The fourth-order valence-electron chi connectivity index (χ4n) is 1.47. The molecule has 0 amide bonds. The molecule has 0 spiro atoms. The van der Waals surface area contributed by atoms with Crippen LogP contribution in [-0.2, 0) is 6.61 Å². The lowest BCUT2D eigenvalue weighted by Crippen LogP contribution is -2.32. The largest absolute Gasteiger partial charge is 0.392 e. The van der Waals surface area contributed by atoms with Gasteiger partial charge in [0.1, 0.15) is 5.82 Å². The first-order valence-corrected chi connectivity index (χ1v) is 7.25. The Bertz CT molecular complexity index is 349. The fourth-order valence-corrected chi connectivity index (χ4v) is 2.55. The predicted molar refractivity (Wildman–Crippen MR) is 74.1 cm³/mol. The van der Waals surface area contributed by atoms with Gasteiger partial charge in [-0.25, -0.2) is 4.98 Å². The maximum absolute atomic E-state index is 9.31. The number of nitrogens with zero attached hydrogens (tertiary/aromatic N) is 2. The van der Waals surface area contributed by atoms with Gasteiger partial charge in [-0.15, -0.1) is 0 Å². The van der Waals surface area contributed by atoms with Crippen LogP contribution in [0, 0.1) is 0 Å². The van der Waals surface area contributed by atoms with Crippen LogP contribution >= 0.6 is 27.7 Å². The van der Waals surface area contributed by atoms with E-state index >= 15 is 0 Å². The van der Waals surface area contributed by atoms with Gasteiger partial charge in [-0.2, -0.15) is 11.8 Å². The highest BCUT2D eigenvalue weighted by Gasteiger charge is 2.14. The molecule has 0 radical (unpaired) electrons. The van der Waals surface area contributed by atoms with Gasteiger partial charge in [0.15, 0.2) is 0 Å². The van der Waals surface area contributed by atoms with Gasteiger partial charge in [0, 0.05) is 35.1 Å². The summed E-state index contributed by atoms with van der Waals surface area (Å²) in [5, 5.41) is 9.31. The van der Waals surface area contributed by atoms with Crippen molar-refractivity contribution in [1.29, 1.82) is 0 Å². The van der Waals surface area contributed by atoms with Gasteiger partial charge < -0.3 is 10.0 Å². The first kappa shape index (κ1) is 13.8. The number of rotatable bonds is 5. The molecular formula is C11H17BrN2OS. The second-order valence-corrected chi connectivity index (χ2v) is 5.54. The Morgan fingerprint density at radius 1 is 1.62 bits per heavy atom. The first-order valence-electron chi connectivity index (χ1n) is 5.07. The maximum Gasteiger partial charge on any atom is 0.134 e. The lowest BCUT2D eigenvalue weighted by Gasteiger charge is -2.27. The van der Waals surface area contributed by atoms with E-state index < -0.39 is 0 Å². The van der Waals surface area contributed by atoms with Crippen molar-refractivity contribution in [2.45, 2.75) is 19.6 Å². The molecule has 0 saturated heterocycles. The van der Waals surface area contributed by atoms with E-state index in [1.54, 1.807) is 6.20 Å². The van der Waals surface area contributed by atoms with Gasteiger partial charge in [0.2, 0.25) is 0 Å². The van der Waals surface area contributed by atoms with Crippen molar-refractivity contribution in [3.63, 3.8) is 0 Å². The van der Waals surface area contributed by atoms with Gasteiger partial charge >= 0.3 is 0 Å². The Balaban J connectivity index is 2.93. The van der Waals surface area contributed by atoms with Gasteiger partial charge in [-0.1, -0.05) is 0 Å². The monoisotopic (exact) mass is 304 g/mol. The lowest BCUT2D eigenvalue weighted by atomic mass is 10.2. The first-order chi connectivity index (χ1) is 7.60. The molecule has 0 bridgehead atoms. The average molecular weight is 305 g/mol. The van der Waals surface area contributed by atoms with E-state index in [1.807, 2.05) is 24.9 Å². The van der Waals surface area contributed by atoms with E-state index in [-0.39, 0.29) is 6.61 Å². The number of hydrogen-bond donors (Lipinski definition) is 1. The minimum atomic E-state index is 0.0120. The summed E-state index contributed by atoms with van der Waals surface area (Å²) in [6, 6.07) is 2.30. The molecule has 0 aromatic carbocycles. The van der Waals surface area contributed by atoms with Crippen molar-refractivity contribution < 1.29 is 5.11 Å². The Morgan fingerprint density at radius 2 is 2.31 bits per heavy atom. The highest BCUT2D eigenvalue weighted by Crippen LogP contribution is 2.22. The molecule has 90 valence electrons. The zero-order chi connectivity index (χ0) is 12.1. The van der Waals surface area contributed by atoms with Crippen molar-refractivity contribution in [3.8, 4) is 0 Å². The van der Waals surface area contributed by atoms with Crippen LogP contribution in [0.15, 0.2) is 16.7 Å². The lowest BCUT2D eigenvalue weighted by molar-refractivity contribution is 0.281. The molecule has 1 unspecified atom stereocenters. The summed E-state index contributed by atoms with van der Waals surface area (Å²) in [5.41, 5.74) is 0.852. The van der Waals surface area contributed by atoms with Gasteiger partial charge in [0.25, 0.3) is 0 Å². The molecule has 0 fully saturated rings. The third-order valence-electron chi connectivity index (χ3n) is 2.48. The molecule has 5 heteroatoms. The van der Waals surface area contributed by atoms with Crippen LogP contribution in [0.4, 0.5) is 5.82 Å². The second-order valence-electron chi connectivity index (χ2n) is 3.71. The summed E-state index contributed by atoms with van der Waals surface area (Å²) in [7, 11) is 2.01. The highest BCUT2D eigenvalue weighted by molar-refractivity contribution is 9.10. The molecule has 0 aliphatic carbocycles. The van der Waals surface area contributed by atoms with Crippen LogP contribution in [0.5, 0.6) is 0 Å². The number of thioether (sulfide) groups is 1. The van der Waals surface area contributed by atoms with Crippen molar-refractivity contribution >= 4 is 33.5 Å². The Hall–Kier alpha value is -0.260. The Kier molecular flexibility index (Phi) is 5.58. The number of halogens is 1. The van der Waals surface area contributed by atoms with Gasteiger partial charge in [0.05, 0.1) is 6.61 Å². The Labute approximate surface area is 109 Å². The zero-order valence-electron chi connectivity index (χ0n) is 9.77. The maximum atomic E-state index is 9.31. The summed E-state index contributed by atoms with van der Waals surface area (Å²) in [5.74, 6) is 1.89. The van der Waals surface area contributed by atoms with Crippen LogP contribution in [0.3, 0.4) is 0 Å². The molecule has 16 heavy (non-hydrogen) atoms. The van der Waals surface area contributed by atoms with E-state index in [1.165, 1.54) is 0 Å². The SMILES string of the molecule is CSCC(C)N(C)c1ncc(Br)cc1CO. The molecule has 1 N–H and O–H groups in total. The van der Waals surface area contributed by atoms with Crippen LogP contribution in [0.2, 0.25) is 0 Å². The van der Waals surface area contributed by atoms with E-state index in [4.69, 9.17) is 0 Å². The molecular weight excluding hydrogens is 288 g/mol. The molecule has 0 saturated carbocycles. The number of aromatic nitrogens is 1. The molecule has 1 aromatic heterocycles. The van der Waals surface area contributed by atoms with Crippen molar-refractivity contribution in [2.24, 2.45) is 0 Å². The molecule has 0 aliphatic heterocycles. The van der Waals surface area contributed by atoms with Crippen LogP contribution in [-0.4, -0.2) is 35.2 Å². The number of pyridine rings is 1. The van der Waals surface area contributed by atoms with Gasteiger partial charge in [-0.05, 0) is 35.2 Å². The summed E-state index contributed by atoms with van der Waals surface area (Å²) >= 11 is 5.17. The van der Waals surface area contributed by atoms with Crippen LogP contribution < -0.4 is 4.90 Å². The normalized spacial score (nSPS) is 12.6. The summed E-state index contributed by atoms with van der Waals surface area (Å²) in [6.45, 7) is 2.17. The summed E-state index contributed by atoms with van der Waals surface area (Å²) < 4.78 is 0.895. The van der Waals surface area contributed by atoms with E-state index in [9.17, 15) is 5.11 Å². The standard InChI is InChI=1S/C11H17BrN2OS/c1-8(7-16-3)14(2)11-9(6-15)4-10(12)5-13-11/h4-5,8,15H,6-7H2,1-3H3. The van der Waals surface area contributed by atoms with E-state index in [0.717, 1.165) is 21.6 Å². The average Bonchev–Trinajstić information content (AvgIpc) is 2.28. The Morgan fingerprint density at radius 3 is 2.88 bits per heavy atom. The number of aliphatic hydroxyl groups excluding tert-OH is 1. The summed E-state index contributed by atoms with van der Waals surface area (Å²) in [6.07, 6.45) is 3.85. The second kappa shape index (κ2) is 6.47. The van der Waals surface area contributed by atoms with Crippen molar-refractivity contribution in [1.82, 2.24) is 4.98 Å². The summed E-state index contributed by atoms with van der Waals surface area (Å²) in [4.78, 5) is 6.47. The third kappa shape index (κ3) is 3.37. The molecule has 1 atom stereocenters. The van der Waals surface area contributed by atoms with Crippen LogP contribution in [0.25, 0.3) is 0 Å². The van der Waals surface area contributed by atoms with Gasteiger partial charge in [-0.3, -0.25) is 0 Å². The molecule has 0 aliphatic rings. The number of anilines is 1. The molecule has 3 nitrogen and oxygen atoms in total. The quantitative estimate of drug-likeness (QED) is 0.907. The number of hydrogen-bond acceptors (Lipinski definition) is 4. The fraction of sp³-hybridized carbons (Fsp3) is 0.545. The minimum absolute atomic E-state index is 0.0120. The highest BCUT2D eigenvalue weighted by atomic mass is 79.9. The smallest absolute Gasteiger partial charge is 0.134 e. The topological polar surface area (TPSA) is 36.4 Å². The third-order valence-corrected chi connectivity index (χ3v) is 3.73. The van der Waals surface area contributed by atoms with Crippen molar-refractivity contribution in [2.75, 3.05) is 24.0 Å². The molecule has 1 rings (SSSR count). The zero-order valence-corrected chi connectivity index (χ0v) is 12.2. The number of aliphatic hydroxyl groups is 1. The van der Waals surface area contributed by atoms with E-state index in [2.05, 4.69) is 39.0 Å².